The molecule has 1 aliphatic heterocycles. The summed E-state index contributed by atoms with van der Waals surface area (Å²) in [6.07, 6.45) is 3.96. The highest BCUT2D eigenvalue weighted by Gasteiger charge is 2.23. The van der Waals surface area contributed by atoms with E-state index in [4.69, 9.17) is 10.2 Å². The second kappa shape index (κ2) is 7.42. The van der Waals surface area contributed by atoms with E-state index in [1.165, 1.54) is 4.90 Å². The lowest BCUT2D eigenvalue weighted by Crippen LogP contribution is -2.38. The molecule has 0 unspecified atom stereocenters. The highest BCUT2D eigenvalue weighted by molar-refractivity contribution is 5.92. The predicted molar refractivity (Wildman–Crippen MR) is 75.6 cm³/mol. The molecular weight excluding hydrogens is 258 g/mol. The maximum absolute atomic E-state index is 12.5. The van der Waals surface area contributed by atoms with E-state index in [1.807, 2.05) is 22.9 Å². The largest absolute Gasteiger partial charge is 0.395 e. The highest BCUT2D eigenvalue weighted by Crippen LogP contribution is 2.22. The van der Waals surface area contributed by atoms with Crippen LogP contribution in [0.3, 0.4) is 0 Å². The van der Waals surface area contributed by atoms with Crippen LogP contribution in [-0.4, -0.2) is 65.0 Å². The fourth-order valence-electron chi connectivity index (χ4n) is 2.70. The molecule has 1 aromatic heterocycles. The molecule has 1 aliphatic rings. The Balaban J connectivity index is 2.14. The third-order valence-corrected chi connectivity index (χ3v) is 3.73. The van der Waals surface area contributed by atoms with Crippen molar-refractivity contribution in [2.45, 2.75) is 18.9 Å². The lowest BCUT2D eigenvalue weighted by Gasteiger charge is -2.28. The van der Waals surface area contributed by atoms with Crippen LogP contribution in [0.15, 0.2) is 18.3 Å². The van der Waals surface area contributed by atoms with E-state index >= 15 is 0 Å². The minimum atomic E-state index is -0.128. The van der Waals surface area contributed by atoms with Crippen LogP contribution in [-0.2, 0) is 0 Å². The predicted octanol–water partition coefficient (Wildman–Crippen LogP) is -0.161. The number of amides is 1. The molecule has 0 aromatic carbocycles. The lowest BCUT2D eigenvalue weighted by atomic mass is 10.1. The van der Waals surface area contributed by atoms with E-state index in [-0.39, 0.29) is 32.2 Å². The molecule has 1 fully saturated rings. The molecule has 6 nitrogen and oxygen atoms in total. The molecule has 2 rings (SSSR count). The van der Waals surface area contributed by atoms with Crippen LogP contribution in [0.1, 0.15) is 29.4 Å². The van der Waals surface area contributed by atoms with Crippen molar-refractivity contribution in [1.82, 2.24) is 14.8 Å². The summed E-state index contributed by atoms with van der Waals surface area (Å²) < 4.78 is 2.03. The van der Waals surface area contributed by atoms with Gasteiger partial charge in [-0.15, -0.1) is 0 Å². The number of carbonyl (C=O) groups is 1. The van der Waals surface area contributed by atoms with Crippen LogP contribution in [0.5, 0.6) is 0 Å². The minimum Gasteiger partial charge on any atom is -0.395 e. The molecule has 0 saturated carbocycles. The number of nitrogens with zero attached hydrogens (tertiary/aromatic N) is 2. The van der Waals surface area contributed by atoms with E-state index in [2.05, 4.69) is 5.32 Å². The minimum absolute atomic E-state index is 0.0974. The third-order valence-electron chi connectivity index (χ3n) is 3.73. The lowest BCUT2D eigenvalue weighted by molar-refractivity contribution is 0.0670. The summed E-state index contributed by atoms with van der Waals surface area (Å²) in [5, 5.41) is 21.4. The van der Waals surface area contributed by atoms with Gasteiger partial charge in [0.1, 0.15) is 5.69 Å². The first-order chi connectivity index (χ1) is 9.77. The van der Waals surface area contributed by atoms with Gasteiger partial charge in [-0.3, -0.25) is 4.79 Å². The van der Waals surface area contributed by atoms with E-state index in [0.29, 0.717) is 11.7 Å². The summed E-state index contributed by atoms with van der Waals surface area (Å²) in [4.78, 5) is 14.0. The molecule has 1 saturated heterocycles. The number of aliphatic hydroxyl groups is 2. The summed E-state index contributed by atoms with van der Waals surface area (Å²) in [6, 6.07) is 4.03. The number of piperidine rings is 1. The molecule has 0 bridgehead atoms. The summed E-state index contributed by atoms with van der Waals surface area (Å²) in [6.45, 7) is 2.23. The van der Waals surface area contributed by atoms with Gasteiger partial charge in [-0.25, -0.2) is 0 Å². The molecule has 6 heteroatoms. The van der Waals surface area contributed by atoms with E-state index < -0.39 is 0 Å². The molecular formula is C14H23N3O3. The summed E-state index contributed by atoms with van der Waals surface area (Å²) >= 11 is 0. The quantitative estimate of drug-likeness (QED) is 0.677. The zero-order chi connectivity index (χ0) is 14.4. The number of hydrogen-bond acceptors (Lipinski definition) is 4. The van der Waals surface area contributed by atoms with Crippen molar-refractivity contribution in [3.05, 3.63) is 24.0 Å². The number of aliphatic hydroxyl groups excluding tert-OH is 2. The first-order valence-electron chi connectivity index (χ1n) is 7.16. The van der Waals surface area contributed by atoms with Crippen molar-refractivity contribution >= 4 is 5.91 Å². The molecule has 0 aliphatic carbocycles. The van der Waals surface area contributed by atoms with Gasteiger partial charge in [0.15, 0.2) is 0 Å². The topological polar surface area (TPSA) is 77.7 Å². The standard InChI is InChI=1S/C14H23N3O3/c18-10-8-16(9-11-19)14(20)13-2-1-7-17(13)12-3-5-15-6-4-12/h1-2,7,12,15,18-19H,3-6,8-11H2. The normalized spacial score (nSPS) is 16.3. The van der Waals surface area contributed by atoms with Gasteiger partial charge in [0.05, 0.1) is 13.2 Å². The van der Waals surface area contributed by atoms with Gasteiger partial charge in [-0.05, 0) is 38.1 Å². The molecule has 112 valence electrons. The number of hydrogen-bond donors (Lipinski definition) is 3. The SMILES string of the molecule is O=C(c1cccn1C1CCNCC1)N(CCO)CCO. The number of aromatic nitrogens is 1. The van der Waals surface area contributed by atoms with E-state index in [9.17, 15) is 4.79 Å². The Morgan fingerprint density at radius 2 is 1.95 bits per heavy atom. The molecule has 0 atom stereocenters. The number of rotatable bonds is 6. The van der Waals surface area contributed by atoms with Gasteiger partial charge in [0, 0.05) is 25.3 Å². The van der Waals surface area contributed by atoms with Crippen molar-refractivity contribution < 1.29 is 15.0 Å². The Morgan fingerprint density at radius 1 is 1.30 bits per heavy atom. The molecule has 2 heterocycles. The van der Waals surface area contributed by atoms with Crippen molar-refractivity contribution in [2.24, 2.45) is 0 Å². The fourth-order valence-corrected chi connectivity index (χ4v) is 2.70. The highest BCUT2D eigenvalue weighted by atomic mass is 16.3. The van der Waals surface area contributed by atoms with Crippen LogP contribution in [0.4, 0.5) is 0 Å². The van der Waals surface area contributed by atoms with Crippen LogP contribution in [0.25, 0.3) is 0 Å². The zero-order valence-corrected chi connectivity index (χ0v) is 11.7. The monoisotopic (exact) mass is 281 g/mol. The average molecular weight is 281 g/mol. The van der Waals surface area contributed by atoms with Crippen molar-refractivity contribution in [1.29, 1.82) is 0 Å². The van der Waals surface area contributed by atoms with Gasteiger partial charge >= 0.3 is 0 Å². The Hall–Kier alpha value is -1.37. The van der Waals surface area contributed by atoms with Crippen molar-refractivity contribution in [3.63, 3.8) is 0 Å². The molecule has 0 radical (unpaired) electrons. The van der Waals surface area contributed by atoms with Crippen LogP contribution >= 0.6 is 0 Å². The van der Waals surface area contributed by atoms with E-state index in [1.54, 1.807) is 0 Å². The van der Waals surface area contributed by atoms with Crippen molar-refractivity contribution in [3.8, 4) is 0 Å². The van der Waals surface area contributed by atoms with Gasteiger partial charge in [0.2, 0.25) is 0 Å². The van der Waals surface area contributed by atoms with Crippen LogP contribution in [0, 0.1) is 0 Å². The van der Waals surface area contributed by atoms with Crippen molar-refractivity contribution in [2.75, 3.05) is 39.4 Å². The molecule has 0 spiro atoms. The fraction of sp³-hybridized carbons (Fsp3) is 0.643. The van der Waals surface area contributed by atoms with E-state index in [0.717, 1.165) is 25.9 Å². The summed E-state index contributed by atoms with van der Waals surface area (Å²) in [5.74, 6) is -0.128. The molecule has 3 N–H and O–H groups in total. The molecule has 1 amide bonds. The Bertz CT molecular complexity index is 421. The molecule has 1 aromatic rings. The summed E-state index contributed by atoms with van der Waals surface area (Å²) in [7, 11) is 0. The second-order valence-corrected chi connectivity index (χ2v) is 5.02. The second-order valence-electron chi connectivity index (χ2n) is 5.02. The van der Waals surface area contributed by atoms with Gasteiger partial charge < -0.3 is 25.0 Å². The first kappa shape index (κ1) is 15.0. The smallest absolute Gasteiger partial charge is 0.270 e. The van der Waals surface area contributed by atoms with Crippen LogP contribution in [0.2, 0.25) is 0 Å². The summed E-state index contributed by atoms with van der Waals surface area (Å²) in [5.41, 5.74) is 0.638. The maximum Gasteiger partial charge on any atom is 0.270 e. The Labute approximate surface area is 119 Å². The molecule has 20 heavy (non-hydrogen) atoms. The van der Waals surface area contributed by atoms with Crippen LogP contribution < -0.4 is 5.32 Å². The van der Waals surface area contributed by atoms with Gasteiger partial charge in [-0.1, -0.05) is 0 Å². The Kier molecular flexibility index (Phi) is 5.58. The Morgan fingerprint density at radius 3 is 2.55 bits per heavy atom. The zero-order valence-electron chi connectivity index (χ0n) is 11.7. The number of carbonyl (C=O) groups excluding carboxylic acids is 1. The maximum atomic E-state index is 12.5. The van der Waals surface area contributed by atoms with Gasteiger partial charge in [0.25, 0.3) is 5.91 Å². The first-order valence-corrected chi connectivity index (χ1v) is 7.16. The van der Waals surface area contributed by atoms with Gasteiger partial charge in [-0.2, -0.15) is 0 Å². The third kappa shape index (κ3) is 3.39. The average Bonchev–Trinajstić information content (AvgIpc) is 2.96. The number of nitrogens with one attached hydrogen (secondary N) is 1.